The van der Waals surface area contributed by atoms with Gasteiger partial charge in [0, 0.05) is 11.7 Å². The number of benzene rings is 1. The average molecular weight is 176 g/mol. The van der Waals surface area contributed by atoms with Gasteiger partial charge in [-0.15, -0.1) is 0 Å². The zero-order chi connectivity index (χ0) is 9.42. The van der Waals surface area contributed by atoms with Crippen molar-refractivity contribution in [3.8, 4) is 0 Å². The third-order valence-corrected chi connectivity index (χ3v) is 2.98. The Morgan fingerprint density at radius 1 is 1.31 bits per heavy atom. The van der Waals surface area contributed by atoms with Gasteiger partial charge in [-0.1, -0.05) is 19.1 Å². The first kappa shape index (κ1) is 8.57. The van der Waals surface area contributed by atoms with E-state index in [2.05, 4.69) is 13.0 Å². The van der Waals surface area contributed by atoms with Crippen LogP contribution in [0, 0.1) is 0 Å². The number of nitrogen functional groups attached to an aromatic ring is 1. The Balaban J connectivity index is 2.56. The normalized spacial score (nSPS) is 26.9. The molecule has 2 nitrogen and oxygen atoms in total. The molecule has 0 aliphatic heterocycles. The minimum absolute atomic E-state index is 0.190. The molecule has 1 aromatic carbocycles. The second-order valence-electron chi connectivity index (χ2n) is 3.94. The molecule has 70 valence electrons. The molecule has 2 rings (SSSR count). The van der Waals surface area contributed by atoms with Crippen LogP contribution in [0.25, 0.3) is 0 Å². The van der Waals surface area contributed by atoms with Crippen LogP contribution in [0.15, 0.2) is 18.2 Å². The molecule has 1 aliphatic rings. The Hall–Kier alpha value is -1.02. The van der Waals surface area contributed by atoms with Gasteiger partial charge in [0.05, 0.1) is 0 Å². The number of anilines is 1. The molecular formula is C11H16N2. The van der Waals surface area contributed by atoms with E-state index in [-0.39, 0.29) is 6.04 Å². The van der Waals surface area contributed by atoms with Crippen molar-refractivity contribution in [2.24, 2.45) is 5.73 Å². The fraction of sp³-hybridized carbons (Fsp3) is 0.455. The lowest BCUT2D eigenvalue weighted by Crippen LogP contribution is -2.20. The molecule has 2 heteroatoms. The predicted octanol–water partition coefficient (Wildman–Crippen LogP) is 2.17. The molecule has 2 unspecified atom stereocenters. The van der Waals surface area contributed by atoms with Crippen molar-refractivity contribution >= 4 is 5.69 Å². The van der Waals surface area contributed by atoms with E-state index in [1.807, 2.05) is 12.1 Å². The first-order valence-corrected chi connectivity index (χ1v) is 4.84. The standard InChI is InChI=1S/C11H16N2/c1-7-5-6-9(12)8-3-2-4-10(13)11(7)8/h2-4,7,9H,5-6,12-13H2,1H3. The zero-order valence-corrected chi connectivity index (χ0v) is 7.96. The molecule has 0 heterocycles. The highest BCUT2D eigenvalue weighted by atomic mass is 14.7. The third-order valence-electron chi connectivity index (χ3n) is 2.98. The van der Waals surface area contributed by atoms with Gasteiger partial charge in [-0.05, 0) is 36.0 Å². The van der Waals surface area contributed by atoms with E-state index in [0.717, 1.165) is 18.5 Å². The van der Waals surface area contributed by atoms with E-state index in [4.69, 9.17) is 11.5 Å². The molecule has 13 heavy (non-hydrogen) atoms. The SMILES string of the molecule is CC1CCC(N)c2cccc(N)c21. The van der Waals surface area contributed by atoms with E-state index in [1.54, 1.807) is 0 Å². The van der Waals surface area contributed by atoms with Crippen LogP contribution in [-0.2, 0) is 0 Å². The molecule has 0 saturated carbocycles. The number of fused-ring (bicyclic) bond motifs is 1. The van der Waals surface area contributed by atoms with Gasteiger partial charge in [0.2, 0.25) is 0 Å². The van der Waals surface area contributed by atoms with Gasteiger partial charge >= 0.3 is 0 Å². The van der Waals surface area contributed by atoms with Gasteiger partial charge in [-0.25, -0.2) is 0 Å². The average Bonchev–Trinajstić information content (AvgIpc) is 2.12. The number of hydrogen-bond acceptors (Lipinski definition) is 2. The maximum Gasteiger partial charge on any atom is 0.0352 e. The molecule has 0 aromatic heterocycles. The largest absolute Gasteiger partial charge is 0.398 e. The lowest BCUT2D eigenvalue weighted by Gasteiger charge is -2.28. The Kier molecular flexibility index (Phi) is 2.00. The van der Waals surface area contributed by atoms with Crippen LogP contribution >= 0.6 is 0 Å². The number of hydrogen-bond donors (Lipinski definition) is 2. The Morgan fingerprint density at radius 2 is 2.08 bits per heavy atom. The van der Waals surface area contributed by atoms with Crippen molar-refractivity contribution in [2.45, 2.75) is 31.7 Å². The van der Waals surface area contributed by atoms with E-state index < -0.39 is 0 Å². The second kappa shape index (κ2) is 3.04. The molecule has 0 fully saturated rings. The summed E-state index contributed by atoms with van der Waals surface area (Å²) in [5.74, 6) is 0.566. The summed E-state index contributed by atoms with van der Waals surface area (Å²) in [5.41, 5.74) is 15.4. The fourth-order valence-corrected chi connectivity index (χ4v) is 2.22. The third kappa shape index (κ3) is 1.31. The van der Waals surface area contributed by atoms with E-state index >= 15 is 0 Å². The Bertz CT molecular complexity index is 320. The smallest absolute Gasteiger partial charge is 0.0352 e. The lowest BCUT2D eigenvalue weighted by atomic mass is 9.80. The summed E-state index contributed by atoms with van der Waals surface area (Å²) in [5, 5.41) is 0. The Morgan fingerprint density at radius 3 is 2.77 bits per heavy atom. The topological polar surface area (TPSA) is 52.0 Å². The van der Waals surface area contributed by atoms with Gasteiger partial charge in [-0.3, -0.25) is 0 Å². The highest BCUT2D eigenvalue weighted by Gasteiger charge is 2.23. The van der Waals surface area contributed by atoms with E-state index in [9.17, 15) is 0 Å². The minimum atomic E-state index is 0.190. The van der Waals surface area contributed by atoms with Gasteiger partial charge in [0.1, 0.15) is 0 Å². The van der Waals surface area contributed by atoms with Crippen molar-refractivity contribution in [3.05, 3.63) is 29.3 Å². The summed E-state index contributed by atoms with van der Waals surface area (Å²) < 4.78 is 0. The molecule has 1 aliphatic carbocycles. The molecule has 4 N–H and O–H groups in total. The minimum Gasteiger partial charge on any atom is -0.398 e. The molecule has 0 bridgehead atoms. The van der Waals surface area contributed by atoms with Crippen LogP contribution in [0.1, 0.15) is 42.9 Å². The second-order valence-corrected chi connectivity index (χ2v) is 3.94. The molecular weight excluding hydrogens is 160 g/mol. The first-order valence-electron chi connectivity index (χ1n) is 4.84. The van der Waals surface area contributed by atoms with Crippen LogP contribution < -0.4 is 11.5 Å². The van der Waals surface area contributed by atoms with Crippen molar-refractivity contribution in [1.82, 2.24) is 0 Å². The summed E-state index contributed by atoms with van der Waals surface area (Å²) in [6, 6.07) is 6.25. The highest BCUT2D eigenvalue weighted by molar-refractivity contribution is 5.54. The van der Waals surface area contributed by atoms with Crippen molar-refractivity contribution in [2.75, 3.05) is 5.73 Å². The van der Waals surface area contributed by atoms with Crippen LogP contribution in [0.2, 0.25) is 0 Å². The molecule has 0 saturated heterocycles. The first-order chi connectivity index (χ1) is 6.20. The van der Waals surface area contributed by atoms with E-state index in [0.29, 0.717) is 5.92 Å². The van der Waals surface area contributed by atoms with Crippen LogP contribution in [0.5, 0.6) is 0 Å². The number of rotatable bonds is 0. The maximum atomic E-state index is 6.02. The van der Waals surface area contributed by atoms with Crippen LogP contribution in [0.4, 0.5) is 5.69 Å². The summed E-state index contributed by atoms with van der Waals surface area (Å²) >= 11 is 0. The highest BCUT2D eigenvalue weighted by Crippen LogP contribution is 2.38. The van der Waals surface area contributed by atoms with Crippen LogP contribution in [0.3, 0.4) is 0 Å². The molecule has 0 radical (unpaired) electrons. The van der Waals surface area contributed by atoms with Crippen molar-refractivity contribution in [1.29, 1.82) is 0 Å². The van der Waals surface area contributed by atoms with E-state index in [1.165, 1.54) is 11.1 Å². The number of nitrogens with two attached hydrogens (primary N) is 2. The lowest BCUT2D eigenvalue weighted by molar-refractivity contribution is 0.515. The predicted molar refractivity (Wildman–Crippen MR) is 55.4 cm³/mol. The van der Waals surface area contributed by atoms with Gasteiger partial charge in [0.25, 0.3) is 0 Å². The van der Waals surface area contributed by atoms with Crippen molar-refractivity contribution < 1.29 is 0 Å². The maximum absolute atomic E-state index is 6.02. The summed E-state index contributed by atoms with van der Waals surface area (Å²) in [4.78, 5) is 0. The Labute approximate surface area is 78.9 Å². The van der Waals surface area contributed by atoms with Gasteiger partial charge < -0.3 is 11.5 Å². The monoisotopic (exact) mass is 176 g/mol. The summed E-state index contributed by atoms with van der Waals surface area (Å²) in [6.07, 6.45) is 2.24. The van der Waals surface area contributed by atoms with Crippen molar-refractivity contribution in [3.63, 3.8) is 0 Å². The molecule has 0 amide bonds. The quantitative estimate of drug-likeness (QED) is 0.595. The molecule has 1 aromatic rings. The fourth-order valence-electron chi connectivity index (χ4n) is 2.22. The zero-order valence-electron chi connectivity index (χ0n) is 7.96. The molecule has 2 atom stereocenters. The summed E-state index contributed by atoms with van der Waals surface area (Å²) in [6.45, 7) is 2.22. The van der Waals surface area contributed by atoms with Gasteiger partial charge in [0.15, 0.2) is 0 Å². The van der Waals surface area contributed by atoms with Crippen LogP contribution in [-0.4, -0.2) is 0 Å². The van der Waals surface area contributed by atoms with Gasteiger partial charge in [-0.2, -0.15) is 0 Å². The summed E-state index contributed by atoms with van der Waals surface area (Å²) in [7, 11) is 0. The molecule has 0 spiro atoms.